The third kappa shape index (κ3) is 3.85. The van der Waals surface area contributed by atoms with Gasteiger partial charge in [0.05, 0.1) is 6.10 Å². The molecule has 20 heavy (non-hydrogen) atoms. The lowest BCUT2D eigenvalue weighted by molar-refractivity contribution is 0.242. The van der Waals surface area contributed by atoms with E-state index in [1.807, 2.05) is 0 Å². The fraction of sp³-hybridized carbons (Fsp3) is 0.647. The number of hydrogen-bond acceptors (Lipinski definition) is 3. The van der Waals surface area contributed by atoms with Gasteiger partial charge in [-0.3, -0.25) is 0 Å². The highest BCUT2D eigenvalue weighted by Crippen LogP contribution is 2.36. The van der Waals surface area contributed by atoms with Crippen molar-refractivity contribution >= 4 is 17.4 Å². The zero-order chi connectivity index (χ0) is 14.8. The Morgan fingerprint density at radius 1 is 1.35 bits per heavy atom. The molecule has 1 heterocycles. The quantitative estimate of drug-likeness (QED) is 0.867. The molecule has 1 aliphatic rings. The first-order valence-corrected chi connectivity index (χ1v) is 8.65. The summed E-state index contributed by atoms with van der Waals surface area (Å²) in [6, 6.07) is 6.89. The second-order valence-electron chi connectivity index (χ2n) is 6.65. The molecule has 0 bridgehead atoms. The van der Waals surface area contributed by atoms with E-state index in [0.29, 0.717) is 11.5 Å². The maximum absolute atomic E-state index is 5.75. The summed E-state index contributed by atoms with van der Waals surface area (Å²) in [5, 5.41) is 3.74. The maximum atomic E-state index is 5.75. The highest BCUT2D eigenvalue weighted by atomic mass is 32.2. The lowest BCUT2D eigenvalue weighted by atomic mass is 9.82. The van der Waals surface area contributed by atoms with Gasteiger partial charge in [-0.1, -0.05) is 13.8 Å². The lowest BCUT2D eigenvalue weighted by Crippen LogP contribution is -2.41. The van der Waals surface area contributed by atoms with Gasteiger partial charge in [0.1, 0.15) is 5.75 Å². The molecule has 0 aromatic heterocycles. The van der Waals surface area contributed by atoms with Crippen LogP contribution in [0.4, 0.5) is 5.69 Å². The third-order valence-electron chi connectivity index (χ3n) is 4.02. The Bertz CT molecular complexity index is 456. The standard InChI is InChI=1S/C17H27NOS/c1-12(2)19-14-6-7-15(13(3)10-14)18-16-11-20-9-8-17(16,4)5/h6-7,10,12,16,18H,8-9,11H2,1-5H3. The molecule has 0 radical (unpaired) electrons. The molecule has 2 rings (SSSR count). The van der Waals surface area contributed by atoms with Crippen LogP contribution in [0, 0.1) is 12.3 Å². The summed E-state index contributed by atoms with van der Waals surface area (Å²) in [5.41, 5.74) is 2.86. The van der Waals surface area contributed by atoms with E-state index < -0.39 is 0 Å². The number of thioether (sulfide) groups is 1. The molecular formula is C17H27NOS. The fourth-order valence-corrected chi connectivity index (χ4v) is 4.11. The van der Waals surface area contributed by atoms with Crippen molar-refractivity contribution in [1.29, 1.82) is 0 Å². The lowest BCUT2D eigenvalue weighted by Gasteiger charge is -2.39. The smallest absolute Gasteiger partial charge is 0.120 e. The number of rotatable bonds is 4. The molecule has 112 valence electrons. The van der Waals surface area contributed by atoms with Gasteiger partial charge in [-0.05, 0) is 62.1 Å². The SMILES string of the molecule is Cc1cc(OC(C)C)ccc1NC1CSCCC1(C)C. The zero-order valence-corrected chi connectivity index (χ0v) is 14.1. The summed E-state index contributed by atoms with van der Waals surface area (Å²) in [4.78, 5) is 0. The van der Waals surface area contributed by atoms with Crippen LogP contribution < -0.4 is 10.1 Å². The molecule has 1 aliphatic heterocycles. The predicted molar refractivity (Wildman–Crippen MR) is 90.1 cm³/mol. The maximum Gasteiger partial charge on any atom is 0.120 e. The molecule has 3 heteroatoms. The van der Waals surface area contributed by atoms with E-state index >= 15 is 0 Å². The Balaban J connectivity index is 2.09. The van der Waals surface area contributed by atoms with Gasteiger partial charge in [0.25, 0.3) is 0 Å². The molecule has 1 aromatic rings. The summed E-state index contributed by atoms with van der Waals surface area (Å²) < 4.78 is 5.75. The van der Waals surface area contributed by atoms with Crippen LogP contribution in [0.15, 0.2) is 18.2 Å². The number of nitrogens with one attached hydrogen (secondary N) is 1. The molecule has 1 atom stereocenters. The van der Waals surface area contributed by atoms with Gasteiger partial charge in [0.15, 0.2) is 0 Å². The van der Waals surface area contributed by atoms with Gasteiger partial charge < -0.3 is 10.1 Å². The first-order chi connectivity index (χ1) is 9.38. The van der Waals surface area contributed by atoms with Crippen LogP contribution in [-0.4, -0.2) is 23.7 Å². The average Bonchev–Trinajstić information content (AvgIpc) is 2.34. The van der Waals surface area contributed by atoms with Gasteiger partial charge in [0, 0.05) is 17.5 Å². The summed E-state index contributed by atoms with van der Waals surface area (Å²) in [6.07, 6.45) is 1.50. The Labute approximate surface area is 127 Å². The first-order valence-electron chi connectivity index (χ1n) is 7.50. The highest BCUT2D eigenvalue weighted by Gasteiger charge is 2.32. The van der Waals surface area contributed by atoms with Gasteiger partial charge >= 0.3 is 0 Å². The minimum Gasteiger partial charge on any atom is -0.491 e. The number of aryl methyl sites for hydroxylation is 1. The Morgan fingerprint density at radius 2 is 2.10 bits per heavy atom. The van der Waals surface area contributed by atoms with Crippen molar-refractivity contribution in [2.24, 2.45) is 5.41 Å². The van der Waals surface area contributed by atoms with E-state index in [2.05, 4.69) is 69.9 Å². The van der Waals surface area contributed by atoms with E-state index in [-0.39, 0.29) is 6.10 Å². The minimum absolute atomic E-state index is 0.224. The van der Waals surface area contributed by atoms with Crippen LogP contribution >= 0.6 is 11.8 Å². The van der Waals surface area contributed by atoms with Gasteiger partial charge in [0.2, 0.25) is 0 Å². The molecule has 1 saturated heterocycles. The van der Waals surface area contributed by atoms with Crippen molar-refractivity contribution in [3.8, 4) is 5.75 Å². The summed E-state index contributed by atoms with van der Waals surface area (Å²) >= 11 is 2.05. The van der Waals surface area contributed by atoms with Crippen molar-refractivity contribution in [3.63, 3.8) is 0 Å². The van der Waals surface area contributed by atoms with Crippen LogP contribution in [0.5, 0.6) is 5.75 Å². The van der Waals surface area contributed by atoms with Crippen LogP contribution in [0.3, 0.4) is 0 Å². The van der Waals surface area contributed by atoms with Crippen molar-refractivity contribution in [3.05, 3.63) is 23.8 Å². The van der Waals surface area contributed by atoms with Gasteiger partial charge in [-0.15, -0.1) is 0 Å². The molecule has 0 saturated carbocycles. The summed E-state index contributed by atoms with van der Waals surface area (Å²) in [7, 11) is 0. The van der Waals surface area contributed by atoms with Crippen molar-refractivity contribution in [2.75, 3.05) is 16.8 Å². The molecular weight excluding hydrogens is 266 g/mol. The average molecular weight is 293 g/mol. The molecule has 0 aliphatic carbocycles. The molecule has 0 spiro atoms. The van der Waals surface area contributed by atoms with E-state index in [0.717, 1.165) is 5.75 Å². The summed E-state index contributed by atoms with van der Waals surface area (Å²) in [5.74, 6) is 3.43. The second-order valence-corrected chi connectivity index (χ2v) is 7.80. The largest absolute Gasteiger partial charge is 0.491 e. The normalized spacial score (nSPS) is 21.8. The zero-order valence-electron chi connectivity index (χ0n) is 13.3. The Morgan fingerprint density at radius 3 is 2.70 bits per heavy atom. The van der Waals surface area contributed by atoms with Crippen LogP contribution in [0.1, 0.15) is 39.7 Å². The highest BCUT2D eigenvalue weighted by molar-refractivity contribution is 7.99. The van der Waals surface area contributed by atoms with Gasteiger partial charge in [-0.25, -0.2) is 0 Å². The van der Waals surface area contributed by atoms with Crippen LogP contribution in [-0.2, 0) is 0 Å². The molecule has 1 N–H and O–H groups in total. The molecule has 2 nitrogen and oxygen atoms in total. The summed E-state index contributed by atoms with van der Waals surface area (Å²) in [6.45, 7) is 11.0. The monoisotopic (exact) mass is 293 g/mol. The predicted octanol–water partition coefficient (Wildman–Crippen LogP) is 4.73. The van der Waals surface area contributed by atoms with Crippen molar-refractivity contribution in [2.45, 2.75) is 53.2 Å². The molecule has 1 fully saturated rings. The number of ether oxygens (including phenoxy) is 1. The topological polar surface area (TPSA) is 21.3 Å². The minimum atomic E-state index is 0.224. The van der Waals surface area contributed by atoms with E-state index in [4.69, 9.17) is 4.74 Å². The first kappa shape index (κ1) is 15.6. The third-order valence-corrected chi connectivity index (χ3v) is 5.08. The van der Waals surface area contributed by atoms with Gasteiger partial charge in [-0.2, -0.15) is 11.8 Å². The number of hydrogen-bond donors (Lipinski definition) is 1. The number of benzene rings is 1. The Kier molecular flexibility index (Phi) is 4.90. The molecule has 0 amide bonds. The van der Waals surface area contributed by atoms with E-state index in [1.54, 1.807) is 0 Å². The van der Waals surface area contributed by atoms with E-state index in [9.17, 15) is 0 Å². The fourth-order valence-electron chi connectivity index (χ4n) is 2.50. The second kappa shape index (κ2) is 6.30. The van der Waals surface area contributed by atoms with Crippen LogP contribution in [0.2, 0.25) is 0 Å². The van der Waals surface area contributed by atoms with Crippen molar-refractivity contribution in [1.82, 2.24) is 0 Å². The number of anilines is 1. The van der Waals surface area contributed by atoms with E-state index in [1.165, 1.54) is 29.2 Å². The molecule has 1 aromatic carbocycles. The van der Waals surface area contributed by atoms with Crippen molar-refractivity contribution < 1.29 is 4.74 Å². The molecule has 1 unspecified atom stereocenters. The van der Waals surface area contributed by atoms with Crippen LogP contribution in [0.25, 0.3) is 0 Å². The Hall–Kier alpha value is -0.830.